The normalized spacial score (nSPS) is 12.3. The Kier molecular flexibility index (Phi) is 4.34. The van der Waals surface area contributed by atoms with E-state index in [4.69, 9.17) is 0 Å². The summed E-state index contributed by atoms with van der Waals surface area (Å²) in [5.74, 6) is -0.190. The van der Waals surface area contributed by atoms with Crippen molar-refractivity contribution in [1.82, 2.24) is 9.55 Å². The van der Waals surface area contributed by atoms with Gasteiger partial charge in [-0.1, -0.05) is 30.3 Å². The third kappa shape index (κ3) is 3.44. The summed E-state index contributed by atoms with van der Waals surface area (Å²) in [6, 6.07) is 9.41. The first kappa shape index (κ1) is 13.3. The molecule has 1 N–H and O–H groups in total. The van der Waals surface area contributed by atoms with E-state index in [-0.39, 0.29) is 0 Å². The zero-order valence-corrected chi connectivity index (χ0v) is 11.0. The fraction of sp³-hybridized carbons (Fsp3) is 0.333. The molecule has 0 spiro atoms. The van der Waals surface area contributed by atoms with Crippen molar-refractivity contribution in [2.75, 3.05) is 0 Å². The molecule has 0 fully saturated rings. The molecule has 2 rings (SSSR count). The quantitative estimate of drug-likeness (QED) is 0.866. The molecule has 1 atom stereocenters. The highest BCUT2D eigenvalue weighted by Gasteiger charge is 2.19. The van der Waals surface area contributed by atoms with Crippen molar-refractivity contribution in [2.45, 2.75) is 25.2 Å². The molecule has 100 valence electrons. The summed E-state index contributed by atoms with van der Waals surface area (Å²) in [5.41, 5.74) is 0.870. The van der Waals surface area contributed by atoms with E-state index in [1.54, 1.807) is 6.20 Å². The number of hydrogen-bond donors (Lipinski definition) is 1. The van der Waals surface area contributed by atoms with Crippen molar-refractivity contribution < 1.29 is 9.90 Å². The predicted octanol–water partition coefficient (Wildman–Crippen LogP) is 2.61. The Morgan fingerprint density at radius 3 is 2.68 bits per heavy atom. The van der Waals surface area contributed by atoms with Crippen LogP contribution in [0.1, 0.15) is 30.1 Å². The zero-order chi connectivity index (χ0) is 13.7. The molecule has 0 saturated heterocycles. The fourth-order valence-corrected chi connectivity index (χ4v) is 2.22. The average Bonchev–Trinajstić information content (AvgIpc) is 2.81. The van der Waals surface area contributed by atoms with Gasteiger partial charge in [-0.05, 0) is 18.4 Å². The van der Waals surface area contributed by atoms with Gasteiger partial charge in [0.15, 0.2) is 0 Å². The predicted molar refractivity (Wildman–Crippen MR) is 73.0 cm³/mol. The molecule has 0 aliphatic rings. The molecule has 0 aliphatic heterocycles. The number of carboxylic acid groups (broad SMARTS) is 1. The number of aryl methyl sites for hydroxylation is 2. The number of aliphatic carboxylic acids is 1. The smallest absolute Gasteiger partial charge is 0.310 e. The van der Waals surface area contributed by atoms with Crippen LogP contribution in [0.25, 0.3) is 0 Å². The topological polar surface area (TPSA) is 55.1 Å². The van der Waals surface area contributed by atoms with Crippen LogP contribution in [0.15, 0.2) is 42.7 Å². The molecule has 1 unspecified atom stereocenters. The lowest BCUT2D eigenvalue weighted by atomic mass is 9.93. The summed E-state index contributed by atoms with van der Waals surface area (Å²) in [5, 5.41) is 9.32. The lowest BCUT2D eigenvalue weighted by Gasteiger charge is -2.12. The van der Waals surface area contributed by atoms with E-state index in [1.807, 2.05) is 48.1 Å². The molecule has 1 aromatic heterocycles. The zero-order valence-electron chi connectivity index (χ0n) is 11.0. The summed E-state index contributed by atoms with van der Waals surface area (Å²) in [4.78, 5) is 15.6. The maximum atomic E-state index is 11.3. The Hall–Kier alpha value is -2.10. The van der Waals surface area contributed by atoms with E-state index < -0.39 is 11.9 Å². The Labute approximate surface area is 112 Å². The Balaban J connectivity index is 1.95. The first-order valence-electron chi connectivity index (χ1n) is 6.42. The molecule has 0 aliphatic carbocycles. The number of nitrogens with zero attached hydrogens (tertiary/aromatic N) is 2. The van der Waals surface area contributed by atoms with Crippen LogP contribution in [-0.4, -0.2) is 20.6 Å². The third-order valence-corrected chi connectivity index (χ3v) is 3.31. The van der Waals surface area contributed by atoms with Crippen LogP contribution in [0.4, 0.5) is 0 Å². The van der Waals surface area contributed by atoms with Crippen LogP contribution >= 0.6 is 0 Å². The second-order valence-corrected chi connectivity index (χ2v) is 4.65. The van der Waals surface area contributed by atoms with Gasteiger partial charge in [-0.3, -0.25) is 4.79 Å². The number of imidazole rings is 1. The van der Waals surface area contributed by atoms with Crippen molar-refractivity contribution in [3.05, 3.63) is 54.1 Å². The average molecular weight is 258 g/mol. The highest BCUT2D eigenvalue weighted by Crippen LogP contribution is 2.22. The fourth-order valence-electron chi connectivity index (χ4n) is 2.22. The van der Waals surface area contributed by atoms with E-state index >= 15 is 0 Å². The summed E-state index contributed by atoms with van der Waals surface area (Å²) >= 11 is 0. The van der Waals surface area contributed by atoms with Gasteiger partial charge in [-0.15, -0.1) is 0 Å². The Morgan fingerprint density at radius 2 is 2.11 bits per heavy atom. The number of rotatable bonds is 6. The summed E-state index contributed by atoms with van der Waals surface area (Å²) < 4.78 is 1.97. The van der Waals surface area contributed by atoms with Crippen molar-refractivity contribution in [3.8, 4) is 0 Å². The van der Waals surface area contributed by atoms with Crippen LogP contribution in [0, 0.1) is 0 Å². The maximum Gasteiger partial charge on any atom is 0.310 e. The second kappa shape index (κ2) is 6.18. The maximum absolute atomic E-state index is 11.3. The summed E-state index contributed by atoms with van der Waals surface area (Å²) in [6.45, 7) is 0. The van der Waals surface area contributed by atoms with Gasteiger partial charge in [-0.2, -0.15) is 0 Å². The van der Waals surface area contributed by atoms with E-state index in [0.717, 1.165) is 24.2 Å². The van der Waals surface area contributed by atoms with Crippen molar-refractivity contribution in [1.29, 1.82) is 0 Å². The molecule has 0 bridgehead atoms. The van der Waals surface area contributed by atoms with Gasteiger partial charge in [0.2, 0.25) is 0 Å². The molecule has 0 saturated carbocycles. The van der Waals surface area contributed by atoms with Crippen molar-refractivity contribution in [2.24, 2.45) is 7.05 Å². The minimum Gasteiger partial charge on any atom is -0.481 e. The van der Waals surface area contributed by atoms with Crippen LogP contribution in [0.5, 0.6) is 0 Å². The van der Waals surface area contributed by atoms with Crippen LogP contribution in [-0.2, 0) is 18.3 Å². The SMILES string of the molecule is Cn1ccnc1CCCC(C(=O)O)c1ccccc1. The van der Waals surface area contributed by atoms with Crippen molar-refractivity contribution >= 4 is 5.97 Å². The second-order valence-electron chi connectivity index (χ2n) is 4.65. The van der Waals surface area contributed by atoms with Gasteiger partial charge in [-0.25, -0.2) is 4.98 Å². The molecule has 1 heterocycles. The van der Waals surface area contributed by atoms with Gasteiger partial charge in [0.25, 0.3) is 0 Å². The summed E-state index contributed by atoms with van der Waals surface area (Å²) in [6.07, 6.45) is 5.92. The number of carboxylic acids is 1. The molecule has 2 aromatic rings. The lowest BCUT2D eigenvalue weighted by molar-refractivity contribution is -0.139. The highest BCUT2D eigenvalue weighted by atomic mass is 16.4. The molecule has 19 heavy (non-hydrogen) atoms. The van der Waals surface area contributed by atoms with Gasteiger partial charge >= 0.3 is 5.97 Å². The first-order valence-corrected chi connectivity index (χ1v) is 6.42. The van der Waals surface area contributed by atoms with E-state index in [2.05, 4.69) is 4.98 Å². The van der Waals surface area contributed by atoms with E-state index in [9.17, 15) is 9.90 Å². The molecular formula is C15H18N2O2. The minimum atomic E-state index is -0.758. The molecular weight excluding hydrogens is 240 g/mol. The Bertz CT molecular complexity index is 534. The largest absolute Gasteiger partial charge is 0.481 e. The monoisotopic (exact) mass is 258 g/mol. The van der Waals surface area contributed by atoms with Gasteiger partial charge in [0, 0.05) is 25.9 Å². The van der Waals surface area contributed by atoms with E-state index in [1.165, 1.54) is 0 Å². The van der Waals surface area contributed by atoms with Crippen LogP contribution in [0.3, 0.4) is 0 Å². The lowest BCUT2D eigenvalue weighted by Crippen LogP contribution is -2.12. The van der Waals surface area contributed by atoms with Crippen molar-refractivity contribution in [3.63, 3.8) is 0 Å². The van der Waals surface area contributed by atoms with Gasteiger partial charge in [0.05, 0.1) is 5.92 Å². The molecule has 0 radical (unpaired) electrons. The summed E-state index contributed by atoms with van der Waals surface area (Å²) in [7, 11) is 1.95. The molecule has 4 nitrogen and oxygen atoms in total. The van der Waals surface area contributed by atoms with Gasteiger partial charge in [0.1, 0.15) is 5.82 Å². The number of aromatic nitrogens is 2. The van der Waals surface area contributed by atoms with E-state index in [0.29, 0.717) is 6.42 Å². The number of benzene rings is 1. The molecule has 4 heteroatoms. The minimum absolute atomic E-state index is 0.429. The highest BCUT2D eigenvalue weighted by molar-refractivity contribution is 5.75. The Morgan fingerprint density at radius 1 is 1.37 bits per heavy atom. The van der Waals surface area contributed by atoms with Gasteiger partial charge < -0.3 is 9.67 Å². The van der Waals surface area contributed by atoms with Crippen LogP contribution < -0.4 is 0 Å². The number of carbonyl (C=O) groups is 1. The molecule has 1 aromatic carbocycles. The standard InChI is InChI=1S/C15H18N2O2/c1-17-11-10-16-14(17)9-5-8-13(15(18)19)12-6-3-2-4-7-12/h2-4,6-7,10-11,13H,5,8-9H2,1H3,(H,18,19). The number of hydrogen-bond acceptors (Lipinski definition) is 2. The third-order valence-electron chi connectivity index (χ3n) is 3.31. The molecule has 0 amide bonds. The first-order chi connectivity index (χ1) is 9.18. The van der Waals surface area contributed by atoms with Crippen LogP contribution in [0.2, 0.25) is 0 Å².